The lowest BCUT2D eigenvalue weighted by molar-refractivity contribution is 1.57. The summed E-state index contributed by atoms with van der Waals surface area (Å²) >= 11 is 10.6. The highest BCUT2D eigenvalue weighted by molar-refractivity contribution is 6.43. The van der Waals surface area contributed by atoms with Crippen molar-refractivity contribution in [2.45, 2.75) is 0 Å². The molecule has 0 aliphatic heterocycles. The lowest BCUT2D eigenvalue weighted by Gasteiger charge is -1.85. The highest BCUT2D eigenvalue weighted by atomic mass is 35.5. The van der Waals surface area contributed by atoms with E-state index in [1.165, 1.54) is 6.20 Å². The predicted molar refractivity (Wildman–Crippen MR) is 33.1 cm³/mol. The summed E-state index contributed by atoms with van der Waals surface area (Å²) in [5.41, 5.74) is 4.93. The van der Waals surface area contributed by atoms with Gasteiger partial charge in [-0.05, 0) is 0 Å². The minimum absolute atomic E-state index is 0.268. The van der Waals surface area contributed by atoms with Crippen molar-refractivity contribution in [3.8, 4) is 0 Å². The topological polar surface area (TPSA) is 26.0 Å². The largest absolute Gasteiger partial charge is 0.403 e. The first-order valence-corrected chi connectivity index (χ1v) is 2.36. The van der Waals surface area contributed by atoms with Crippen LogP contribution in [-0.4, -0.2) is 0 Å². The van der Waals surface area contributed by atoms with Crippen molar-refractivity contribution < 1.29 is 0 Å². The first-order chi connectivity index (χ1) is 3.18. The normalized spacial score (nSPS) is 11.4. The van der Waals surface area contributed by atoms with E-state index in [9.17, 15) is 0 Å². The molecule has 7 heavy (non-hydrogen) atoms. The molecule has 0 heterocycles. The summed E-state index contributed by atoms with van der Waals surface area (Å²) in [6.07, 6.45) is 1.19. The zero-order valence-corrected chi connectivity index (χ0v) is 5.13. The third-order valence-electron chi connectivity index (χ3n) is 0.405. The van der Waals surface area contributed by atoms with Gasteiger partial charge in [0.2, 0.25) is 0 Å². The van der Waals surface area contributed by atoms with Gasteiger partial charge in [-0.3, -0.25) is 0 Å². The summed E-state index contributed by atoms with van der Waals surface area (Å²) in [4.78, 5) is 0. The molecular weight excluding hydrogens is 133 g/mol. The van der Waals surface area contributed by atoms with Crippen LogP contribution in [0.25, 0.3) is 0 Å². The third kappa shape index (κ3) is 2.54. The van der Waals surface area contributed by atoms with Crippen LogP contribution < -0.4 is 5.73 Å². The van der Waals surface area contributed by atoms with Crippen molar-refractivity contribution in [3.63, 3.8) is 0 Å². The van der Waals surface area contributed by atoms with Gasteiger partial charge in [0.15, 0.2) is 0 Å². The van der Waals surface area contributed by atoms with Crippen molar-refractivity contribution in [1.29, 1.82) is 0 Å². The van der Waals surface area contributed by atoms with E-state index in [1.54, 1.807) is 0 Å². The van der Waals surface area contributed by atoms with E-state index < -0.39 is 0 Å². The van der Waals surface area contributed by atoms with Gasteiger partial charge in [0.1, 0.15) is 0 Å². The molecule has 0 saturated heterocycles. The first-order valence-electron chi connectivity index (χ1n) is 1.60. The molecule has 3 heteroatoms. The Hall–Kier alpha value is -0.140. The van der Waals surface area contributed by atoms with Crippen LogP contribution in [0.1, 0.15) is 0 Å². The van der Waals surface area contributed by atoms with Gasteiger partial charge < -0.3 is 5.73 Å². The van der Waals surface area contributed by atoms with Gasteiger partial charge in [-0.25, -0.2) is 0 Å². The summed E-state index contributed by atoms with van der Waals surface area (Å²) in [6, 6.07) is 0. The summed E-state index contributed by atoms with van der Waals surface area (Å²) in [6.45, 7) is 3.31. The van der Waals surface area contributed by atoms with Gasteiger partial charge in [-0.15, -0.1) is 0 Å². The SMILES string of the molecule is C=C(Cl)/C(Cl)=C\N. The average Bonchev–Trinajstić information content (AvgIpc) is 1.65. The number of allylic oxidation sites excluding steroid dienone is 2. The maximum absolute atomic E-state index is 5.30. The Balaban J connectivity index is 3.82. The molecule has 0 aliphatic rings. The molecule has 0 aromatic rings. The molecule has 0 amide bonds. The van der Waals surface area contributed by atoms with Crippen LogP contribution in [0.4, 0.5) is 0 Å². The Bertz CT molecular complexity index is 106. The number of hydrogen-bond donors (Lipinski definition) is 1. The molecule has 0 radical (unpaired) electrons. The number of nitrogens with two attached hydrogens (primary N) is 1. The molecule has 0 rings (SSSR count). The fourth-order valence-corrected chi connectivity index (χ4v) is 0.153. The summed E-state index contributed by atoms with van der Waals surface area (Å²) in [5, 5.41) is 0.561. The maximum Gasteiger partial charge on any atom is 0.0740 e. The van der Waals surface area contributed by atoms with Crippen LogP contribution in [0.5, 0.6) is 0 Å². The third-order valence-corrected chi connectivity index (χ3v) is 1.06. The van der Waals surface area contributed by atoms with Gasteiger partial charge in [0, 0.05) is 6.20 Å². The molecular formula is C4H5Cl2N. The Morgan fingerprint density at radius 3 is 2.00 bits per heavy atom. The smallest absolute Gasteiger partial charge is 0.0740 e. The summed E-state index contributed by atoms with van der Waals surface area (Å²) < 4.78 is 0. The Morgan fingerprint density at radius 1 is 1.57 bits per heavy atom. The maximum atomic E-state index is 5.30. The zero-order chi connectivity index (χ0) is 5.86. The van der Waals surface area contributed by atoms with E-state index >= 15 is 0 Å². The van der Waals surface area contributed by atoms with E-state index in [1.807, 2.05) is 0 Å². The lowest BCUT2D eigenvalue weighted by Crippen LogP contribution is -1.79. The molecule has 0 aromatic heterocycles. The Morgan fingerprint density at radius 2 is 2.00 bits per heavy atom. The molecule has 1 nitrogen and oxygen atoms in total. The van der Waals surface area contributed by atoms with Crippen LogP contribution in [0.2, 0.25) is 0 Å². The molecule has 0 spiro atoms. The van der Waals surface area contributed by atoms with Gasteiger partial charge in [0.05, 0.1) is 10.1 Å². The van der Waals surface area contributed by atoms with E-state index in [0.29, 0.717) is 5.03 Å². The van der Waals surface area contributed by atoms with E-state index in [2.05, 4.69) is 6.58 Å². The standard InChI is InChI=1S/C4H5Cl2N/c1-3(5)4(6)2-7/h2H,1,7H2/b4-2+. The van der Waals surface area contributed by atoms with E-state index in [-0.39, 0.29) is 5.03 Å². The fraction of sp³-hybridized carbons (Fsp3) is 0. The fourth-order valence-electron chi connectivity index (χ4n) is 0.0904. The van der Waals surface area contributed by atoms with Crippen LogP contribution in [0.15, 0.2) is 22.8 Å². The minimum Gasteiger partial charge on any atom is -0.403 e. The first kappa shape index (κ1) is 6.86. The Labute approximate surface area is 52.4 Å². The van der Waals surface area contributed by atoms with Crippen LogP contribution in [0, 0.1) is 0 Å². The summed E-state index contributed by atoms with van der Waals surface area (Å²) in [7, 11) is 0. The number of hydrogen-bond acceptors (Lipinski definition) is 1. The van der Waals surface area contributed by atoms with Crippen LogP contribution in [0.3, 0.4) is 0 Å². The molecule has 0 unspecified atom stereocenters. The number of rotatable bonds is 1. The summed E-state index contributed by atoms with van der Waals surface area (Å²) in [5.74, 6) is 0. The van der Waals surface area contributed by atoms with Gasteiger partial charge >= 0.3 is 0 Å². The molecule has 40 valence electrons. The quantitative estimate of drug-likeness (QED) is 0.549. The number of halogens is 2. The minimum atomic E-state index is 0.268. The van der Waals surface area contributed by atoms with E-state index in [0.717, 1.165) is 0 Å². The zero-order valence-electron chi connectivity index (χ0n) is 3.62. The van der Waals surface area contributed by atoms with Crippen molar-refractivity contribution in [2.75, 3.05) is 0 Å². The van der Waals surface area contributed by atoms with E-state index in [4.69, 9.17) is 28.9 Å². The monoisotopic (exact) mass is 137 g/mol. The van der Waals surface area contributed by atoms with Gasteiger partial charge in [-0.2, -0.15) is 0 Å². The molecule has 0 aromatic carbocycles. The van der Waals surface area contributed by atoms with Crippen molar-refractivity contribution >= 4 is 23.2 Å². The Kier molecular flexibility index (Phi) is 2.88. The second-order valence-electron chi connectivity index (χ2n) is 0.920. The molecule has 0 fully saturated rings. The highest BCUT2D eigenvalue weighted by Gasteiger charge is 1.88. The molecule has 0 bridgehead atoms. The molecule has 0 atom stereocenters. The molecule has 0 saturated carbocycles. The van der Waals surface area contributed by atoms with Crippen molar-refractivity contribution in [2.24, 2.45) is 5.73 Å². The lowest BCUT2D eigenvalue weighted by atomic mass is 10.6. The second kappa shape index (κ2) is 2.94. The van der Waals surface area contributed by atoms with Crippen molar-refractivity contribution in [3.05, 3.63) is 22.8 Å². The molecule has 2 N–H and O–H groups in total. The van der Waals surface area contributed by atoms with Crippen molar-refractivity contribution in [1.82, 2.24) is 0 Å². The van der Waals surface area contributed by atoms with Gasteiger partial charge in [-0.1, -0.05) is 29.8 Å². The molecule has 0 aliphatic carbocycles. The highest BCUT2D eigenvalue weighted by Crippen LogP contribution is 2.13. The predicted octanol–water partition coefficient (Wildman–Crippen LogP) is 1.78. The van der Waals surface area contributed by atoms with Crippen LogP contribution >= 0.6 is 23.2 Å². The average molecular weight is 138 g/mol. The van der Waals surface area contributed by atoms with Crippen LogP contribution in [-0.2, 0) is 0 Å². The van der Waals surface area contributed by atoms with Gasteiger partial charge in [0.25, 0.3) is 0 Å². The second-order valence-corrected chi connectivity index (χ2v) is 1.78.